The van der Waals surface area contributed by atoms with Gasteiger partial charge in [-0.15, -0.1) is 0 Å². The van der Waals surface area contributed by atoms with Gasteiger partial charge in [0.2, 0.25) is 5.91 Å². The number of carbonyl (C=O) groups is 5. The lowest BCUT2D eigenvalue weighted by atomic mass is 9.85. The third-order valence-electron chi connectivity index (χ3n) is 4.50. The molecule has 1 aliphatic heterocycles. The summed E-state index contributed by atoms with van der Waals surface area (Å²) in [5.74, 6) is -8.58. The van der Waals surface area contributed by atoms with Crippen molar-refractivity contribution in [3.8, 4) is 0 Å². The van der Waals surface area contributed by atoms with Crippen molar-refractivity contribution in [2.45, 2.75) is 70.0 Å². The number of aliphatic hydroxyl groups is 1. The van der Waals surface area contributed by atoms with Crippen molar-refractivity contribution in [3.05, 3.63) is 10.4 Å². The lowest BCUT2D eigenvalue weighted by Crippen LogP contribution is -2.72. The van der Waals surface area contributed by atoms with Crippen LogP contribution in [0.4, 0.5) is 4.39 Å². The van der Waals surface area contributed by atoms with E-state index in [1.807, 2.05) is 0 Å². The van der Waals surface area contributed by atoms with Gasteiger partial charge in [0.05, 0.1) is 19.2 Å². The smallest absolute Gasteiger partial charge is 0.369 e. The van der Waals surface area contributed by atoms with Crippen molar-refractivity contribution >= 4 is 29.8 Å². The molecule has 34 heavy (non-hydrogen) atoms. The molecular weight excluding hydrogens is 467 g/mol. The Morgan fingerprint density at radius 3 is 2.18 bits per heavy atom. The largest absolute Gasteiger partial charge is 0.465 e. The summed E-state index contributed by atoms with van der Waals surface area (Å²) in [7, 11) is 0.805. The molecule has 5 unspecified atom stereocenters. The Kier molecular flexibility index (Phi) is 10.2. The standard InChI is InChI=1S/C18H25FN4O11/c1-7(24)21-12-13(22-23-20)16(19)18(29,17(28)30-5)34-15(12)14(33-10(4)27)11(32-9(3)26)6-31-8(2)25/h11-16,29H,6H2,1-5H3,(H,21,24)/t11-,12?,13?,14-,15?,16?,18?/m1/s1. The highest BCUT2D eigenvalue weighted by Gasteiger charge is 2.63. The third-order valence-corrected chi connectivity index (χ3v) is 4.50. The maximum absolute atomic E-state index is 15.2. The van der Waals surface area contributed by atoms with E-state index in [9.17, 15) is 29.1 Å². The third kappa shape index (κ3) is 7.00. The second-order valence-corrected chi connectivity index (χ2v) is 7.12. The fourth-order valence-corrected chi connectivity index (χ4v) is 3.28. The number of hydrogen-bond acceptors (Lipinski definition) is 12. The zero-order chi connectivity index (χ0) is 26.2. The molecule has 0 radical (unpaired) electrons. The van der Waals surface area contributed by atoms with Crippen LogP contribution in [0.1, 0.15) is 27.7 Å². The molecule has 0 spiro atoms. The number of ether oxygens (including phenoxy) is 5. The molecule has 7 atom stereocenters. The van der Waals surface area contributed by atoms with Gasteiger partial charge in [-0.25, -0.2) is 9.18 Å². The first-order chi connectivity index (χ1) is 15.8. The molecule has 0 aromatic rings. The Labute approximate surface area is 192 Å². The van der Waals surface area contributed by atoms with Crippen molar-refractivity contribution < 1.29 is 57.2 Å². The van der Waals surface area contributed by atoms with Crippen molar-refractivity contribution in [1.82, 2.24) is 5.32 Å². The normalized spacial score (nSPS) is 27.7. The van der Waals surface area contributed by atoms with Gasteiger partial charge in [-0.3, -0.25) is 19.2 Å². The SMILES string of the molecule is COC(=O)C1(O)OC([C@H](OC(C)=O)[C@@H](COC(C)=O)OC(C)=O)C(NC(C)=O)C(N=[N+]=[N-])C1F. The van der Waals surface area contributed by atoms with E-state index in [0.29, 0.717) is 0 Å². The Bertz CT molecular complexity index is 865. The molecule has 0 aliphatic carbocycles. The predicted octanol–water partition coefficient (Wildman–Crippen LogP) is -0.805. The maximum Gasteiger partial charge on any atom is 0.369 e. The van der Waals surface area contributed by atoms with Gasteiger partial charge in [-0.05, 0) is 5.53 Å². The average molecular weight is 492 g/mol. The van der Waals surface area contributed by atoms with Crippen molar-refractivity contribution in [2.75, 3.05) is 13.7 Å². The van der Waals surface area contributed by atoms with Gasteiger partial charge in [-0.2, -0.15) is 0 Å². The van der Waals surface area contributed by atoms with Gasteiger partial charge in [0.15, 0.2) is 18.4 Å². The second kappa shape index (κ2) is 12.1. The molecule has 1 saturated heterocycles. The zero-order valence-electron chi connectivity index (χ0n) is 18.9. The van der Waals surface area contributed by atoms with Gasteiger partial charge < -0.3 is 34.1 Å². The highest BCUT2D eigenvalue weighted by atomic mass is 19.1. The fourth-order valence-electron chi connectivity index (χ4n) is 3.28. The lowest BCUT2D eigenvalue weighted by molar-refractivity contribution is -0.307. The minimum Gasteiger partial charge on any atom is -0.465 e. The van der Waals surface area contributed by atoms with Crippen LogP contribution in [0.15, 0.2) is 5.11 Å². The zero-order valence-corrected chi connectivity index (χ0v) is 18.9. The van der Waals surface area contributed by atoms with Crippen LogP contribution < -0.4 is 5.32 Å². The van der Waals surface area contributed by atoms with Gasteiger partial charge in [0, 0.05) is 32.6 Å². The Balaban J connectivity index is 3.73. The van der Waals surface area contributed by atoms with Crippen LogP contribution in [0, 0.1) is 0 Å². The maximum atomic E-state index is 15.2. The van der Waals surface area contributed by atoms with Crippen LogP contribution in [-0.4, -0.2) is 91.0 Å². The number of nitrogens with zero attached hydrogens (tertiary/aromatic N) is 3. The summed E-state index contributed by atoms with van der Waals surface area (Å²) in [6, 6.07) is -3.67. The summed E-state index contributed by atoms with van der Waals surface area (Å²) in [6.45, 7) is 3.26. The summed E-state index contributed by atoms with van der Waals surface area (Å²) in [6.07, 6.45) is -8.10. The highest BCUT2D eigenvalue weighted by molar-refractivity contribution is 5.79. The number of hydrogen-bond donors (Lipinski definition) is 2. The minimum atomic E-state index is -3.39. The molecule has 0 aromatic heterocycles. The minimum absolute atomic E-state index is 0.707. The predicted molar refractivity (Wildman–Crippen MR) is 105 cm³/mol. The molecule has 190 valence electrons. The summed E-state index contributed by atoms with van der Waals surface area (Å²) >= 11 is 0. The van der Waals surface area contributed by atoms with E-state index in [2.05, 4.69) is 20.1 Å². The van der Waals surface area contributed by atoms with Crippen molar-refractivity contribution in [2.24, 2.45) is 5.11 Å². The molecule has 0 aromatic carbocycles. The molecule has 16 heteroatoms. The number of carbonyl (C=O) groups excluding carboxylic acids is 5. The summed E-state index contributed by atoms with van der Waals surface area (Å²) in [4.78, 5) is 61.4. The van der Waals surface area contributed by atoms with Crippen LogP contribution in [0.5, 0.6) is 0 Å². The van der Waals surface area contributed by atoms with Gasteiger partial charge >= 0.3 is 23.9 Å². The molecule has 1 heterocycles. The van der Waals surface area contributed by atoms with E-state index in [4.69, 9.17) is 24.5 Å². The molecule has 15 nitrogen and oxygen atoms in total. The van der Waals surface area contributed by atoms with Gasteiger partial charge in [0.1, 0.15) is 12.7 Å². The number of azide groups is 1. The van der Waals surface area contributed by atoms with Gasteiger partial charge in [-0.1, -0.05) is 5.11 Å². The van der Waals surface area contributed by atoms with Crippen LogP contribution in [0.25, 0.3) is 10.4 Å². The Morgan fingerprint density at radius 1 is 1.15 bits per heavy atom. The average Bonchev–Trinajstić information content (AvgIpc) is 2.73. The highest BCUT2D eigenvalue weighted by Crippen LogP contribution is 2.36. The van der Waals surface area contributed by atoms with E-state index in [1.165, 1.54) is 0 Å². The van der Waals surface area contributed by atoms with E-state index < -0.39 is 78.7 Å². The van der Waals surface area contributed by atoms with E-state index in [-0.39, 0.29) is 0 Å². The number of methoxy groups -OCH3 is 1. The van der Waals surface area contributed by atoms with Crippen LogP contribution in [0.2, 0.25) is 0 Å². The topological polar surface area (TPSA) is 213 Å². The first kappa shape index (κ1) is 28.5. The molecule has 1 amide bonds. The lowest BCUT2D eigenvalue weighted by Gasteiger charge is -2.47. The molecule has 0 bridgehead atoms. The quantitative estimate of drug-likeness (QED) is 0.134. The van der Waals surface area contributed by atoms with Crippen molar-refractivity contribution in [3.63, 3.8) is 0 Å². The van der Waals surface area contributed by atoms with Crippen molar-refractivity contribution in [1.29, 1.82) is 0 Å². The summed E-state index contributed by atoms with van der Waals surface area (Å²) in [5, 5.41) is 16.2. The van der Waals surface area contributed by atoms with E-state index >= 15 is 4.39 Å². The monoisotopic (exact) mass is 492 g/mol. The van der Waals surface area contributed by atoms with E-state index in [0.717, 1.165) is 34.8 Å². The number of amides is 1. The Morgan fingerprint density at radius 2 is 1.74 bits per heavy atom. The molecule has 0 saturated carbocycles. The summed E-state index contributed by atoms with van der Waals surface area (Å²) < 4.78 is 39.9. The van der Waals surface area contributed by atoms with Crippen LogP contribution in [0.3, 0.4) is 0 Å². The van der Waals surface area contributed by atoms with Gasteiger partial charge in [0.25, 0.3) is 5.79 Å². The van der Waals surface area contributed by atoms with Crippen LogP contribution >= 0.6 is 0 Å². The first-order valence-electron chi connectivity index (χ1n) is 9.70. The van der Waals surface area contributed by atoms with E-state index in [1.54, 1.807) is 0 Å². The molecule has 1 fully saturated rings. The molecule has 2 N–H and O–H groups in total. The second-order valence-electron chi connectivity index (χ2n) is 7.12. The fraction of sp³-hybridized carbons (Fsp3) is 0.722. The number of rotatable bonds is 9. The molecule has 1 rings (SSSR count). The number of nitrogens with one attached hydrogen (secondary N) is 1. The number of esters is 4. The molecule has 1 aliphatic rings. The first-order valence-corrected chi connectivity index (χ1v) is 9.70. The number of halogens is 1. The number of alkyl halides is 1. The Hall–Kier alpha value is -3.49. The van der Waals surface area contributed by atoms with Crippen LogP contribution in [-0.2, 0) is 47.7 Å². The summed E-state index contributed by atoms with van der Waals surface area (Å²) in [5.41, 5.74) is 8.93. The molecular formula is C18H25FN4O11.